The van der Waals surface area contributed by atoms with Crippen molar-refractivity contribution in [1.82, 2.24) is 0 Å². The topological polar surface area (TPSA) is 155 Å². The minimum atomic E-state index is -4.79. The highest BCUT2D eigenvalue weighted by Crippen LogP contribution is 2.43. The van der Waals surface area contributed by atoms with Crippen LogP contribution in [-0.2, 0) is 42.2 Å². The van der Waals surface area contributed by atoms with E-state index in [1.54, 1.807) is 0 Å². The molecular weight excluding hydrogens is 928 g/mol. The van der Waals surface area contributed by atoms with E-state index < -0.39 is 57.8 Å². The lowest BCUT2D eigenvalue weighted by atomic mass is 10.1. The Morgan fingerprint density at radius 1 is 0.389 bits per heavy atom. The summed E-state index contributed by atoms with van der Waals surface area (Å²) in [6, 6.07) is 0. The molecule has 0 bridgehead atoms. The zero-order valence-electron chi connectivity index (χ0n) is 44.3. The number of phosphoric acid groups is 1. The minimum Gasteiger partial charge on any atom is -0.462 e. The third-order valence-corrected chi connectivity index (χ3v) is 11.2. The highest BCUT2D eigenvalue weighted by molar-refractivity contribution is 7.47. The van der Waals surface area contributed by atoms with E-state index in [1.165, 1.54) is 0 Å². The predicted molar refractivity (Wildman–Crippen MR) is 297 cm³/mol. The predicted octanol–water partition coefficient (Wildman–Crippen LogP) is 15.6. The Labute approximate surface area is 435 Å². The number of carbonyl (C=O) groups excluding carboxylic acids is 3. The van der Waals surface area contributed by atoms with Gasteiger partial charge in [0.25, 0.3) is 0 Å². The number of allylic oxidation sites excluding steroid dienone is 24. The Morgan fingerprint density at radius 2 is 0.708 bits per heavy atom. The maximum absolute atomic E-state index is 12.9. The molecule has 0 aliphatic carbocycles. The third kappa shape index (κ3) is 50.3. The number of carbonyl (C=O) groups is 3. The van der Waals surface area contributed by atoms with Crippen molar-refractivity contribution in [2.24, 2.45) is 0 Å². The second-order valence-electron chi connectivity index (χ2n) is 16.9. The highest BCUT2D eigenvalue weighted by atomic mass is 31.2. The number of esters is 3. The lowest BCUT2D eigenvalue weighted by Gasteiger charge is -2.21. The van der Waals surface area contributed by atoms with Gasteiger partial charge in [-0.3, -0.25) is 23.4 Å². The normalized spacial score (nSPS) is 14.6. The number of hydrogen-bond donors (Lipinski definition) is 2. The quantitative estimate of drug-likeness (QED) is 0.0197. The molecule has 0 amide bonds. The maximum atomic E-state index is 12.9. The largest absolute Gasteiger partial charge is 0.472 e. The summed E-state index contributed by atoms with van der Waals surface area (Å²) in [6.07, 6.45) is 66.9. The number of hydrogen-bond acceptors (Lipinski definition) is 10. The van der Waals surface area contributed by atoms with Gasteiger partial charge >= 0.3 is 25.7 Å². The van der Waals surface area contributed by atoms with Crippen LogP contribution >= 0.6 is 7.82 Å². The van der Waals surface area contributed by atoms with Crippen molar-refractivity contribution < 1.29 is 52.2 Å². The first-order valence-electron chi connectivity index (χ1n) is 26.7. The first-order chi connectivity index (χ1) is 35.2. The highest BCUT2D eigenvalue weighted by Gasteiger charge is 2.28. The average molecular weight is 1020 g/mol. The van der Waals surface area contributed by atoms with Crippen molar-refractivity contribution in [3.8, 4) is 0 Å². The van der Waals surface area contributed by atoms with E-state index in [0.717, 1.165) is 116 Å². The molecule has 0 fully saturated rings. The summed E-state index contributed by atoms with van der Waals surface area (Å²) < 4.78 is 39.3. The van der Waals surface area contributed by atoms with Gasteiger partial charge in [-0.1, -0.05) is 179 Å². The first kappa shape index (κ1) is 67.4. The molecule has 0 aromatic heterocycles. The molecular formula is C60H93O11P. The Hall–Kier alpha value is -4.64. The van der Waals surface area contributed by atoms with Gasteiger partial charge in [-0.15, -0.1) is 0 Å². The van der Waals surface area contributed by atoms with Gasteiger partial charge < -0.3 is 24.2 Å². The molecule has 11 nitrogen and oxygen atoms in total. The van der Waals surface area contributed by atoms with Gasteiger partial charge in [0.2, 0.25) is 0 Å². The van der Waals surface area contributed by atoms with Crippen LogP contribution in [0.2, 0.25) is 0 Å². The molecule has 0 radical (unpaired) electrons. The Kier molecular flexibility index (Phi) is 49.3. The number of rotatable bonds is 47. The fraction of sp³-hybridized carbons (Fsp3) is 0.550. The molecule has 0 aromatic carbocycles. The van der Waals surface area contributed by atoms with Gasteiger partial charge in [0.1, 0.15) is 12.7 Å². The van der Waals surface area contributed by atoms with E-state index in [-0.39, 0.29) is 25.9 Å². The number of unbranched alkanes of at least 4 members (excludes halogenated alkanes) is 6. The Morgan fingerprint density at radius 3 is 1.14 bits per heavy atom. The SMILES string of the molecule is CC/C=C\C/C=C\C/C=C\C/C=C\CCCCCCC(=O)OC(COC(=O)CCCC/C=C\C/C=C\C/C=C\C/C=C\CC)COP(=O)(O)OCC(CO)OC(=O)CC/C=C\C/C=C\C/C=C\C/C=C\CC. The summed E-state index contributed by atoms with van der Waals surface area (Å²) in [5, 5.41) is 9.77. The molecule has 0 rings (SSSR count). The lowest BCUT2D eigenvalue weighted by Crippen LogP contribution is -2.30. The number of aliphatic hydroxyl groups is 1. The second-order valence-corrected chi connectivity index (χ2v) is 18.3. The van der Waals surface area contributed by atoms with Gasteiger partial charge in [-0.05, 0) is 122 Å². The third-order valence-electron chi connectivity index (χ3n) is 10.3. The Bertz CT molecular complexity index is 1760. The summed E-state index contributed by atoms with van der Waals surface area (Å²) in [6.45, 7) is 4.10. The molecule has 0 aliphatic heterocycles. The smallest absolute Gasteiger partial charge is 0.462 e. The van der Waals surface area contributed by atoms with E-state index >= 15 is 0 Å². The molecule has 0 spiro atoms. The monoisotopic (exact) mass is 1020 g/mol. The van der Waals surface area contributed by atoms with Crippen LogP contribution in [0, 0.1) is 0 Å². The molecule has 0 aliphatic rings. The van der Waals surface area contributed by atoms with E-state index in [1.807, 2.05) is 18.2 Å². The average Bonchev–Trinajstić information content (AvgIpc) is 3.37. The molecule has 12 heteroatoms. The van der Waals surface area contributed by atoms with E-state index in [2.05, 4.69) is 148 Å². The summed E-state index contributed by atoms with van der Waals surface area (Å²) in [7, 11) is -4.79. The van der Waals surface area contributed by atoms with Crippen molar-refractivity contribution in [3.05, 3.63) is 146 Å². The molecule has 0 heterocycles. The molecule has 72 heavy (non-hydrogen) atoms. The van der Waals surface area contributed by atoms with Gasteiger partial charge in [0, 0.05) is 19.3 Å². The summed E-state index contributed by atoms with van der Waals surface area (Å²) in [4.78, 5) is 48.4. The van der Waals surface area contributed by atoms with E-state index in [9.17, 15) is 28.9 Å². The number of ether oxygens (including phenoxy) is 3. The van der Waals surface area contributed by atoms with Gasteiger partial charge in [-0.2, -0.15) is 0 Å². The van der Waals surface area contributed by atoms with Crippen molar-refractivity contribution in [2.75, 3.05) is 26.4 Å². The fourth-order valence-electron chi connectivity index (χ4n) is 6.29. The van der Waals surface area contributed by atoms with Crippen LogP contribution in [0.25, 0.3) is 0 Å². The first-order valence-corrected chi connectivity index (χ1v) is 28.2. The van der Waals surface area contributed by atoms with Crippen molar-refractivity contribution in [3.63, 3.8) is 0 Å². The van der Waals surface area contributed by atoms with Crippen LogP contribution in [0.3, 0.4) is 0 Å². The molecule has 3 atom stereocenters. The summed E-state index contributed by atoms with van der Waals surface area (Å²) in [5.41, 5.74) is 0. The number of aliphatic hydroxyl groups excluding tert-OH is 1. The van der Waals surface area contributed by atoms with Crippen LogP contribution in [0.15, 0.2) is 146 Å². The maximum Gasteiger partial charge on any atom is 0.472 e. The van der Waals surface area contributed by atoms with Crippen LogP contribution in [0.1, 0.15) is 175 Å². The molecule has 0 saturated carbocycles. The lowest BCUT2D eigenvalue weighted by molar-refractivity contribution is -0.161. The molecule has 2 N–H and O–H groups in total. The molecule has 0 saturated heterocycles. The van der Waals surface area contributed by atoms with Crippen molar-refractivity contribution in [1.29, 1.82) is 0 Å². The van der Waals surface area contributed by atoms with E-state index in [0.29, 0.717) is 19.3 Å². The van der Waals surface area contributed by atoms with E-state index in [4.69, 9.17) is 23.3 Å². The Balaban J connectivity index is 4.94. The summed E-state index contributed by atoms with van der Waals surface area (Å²) >= 11 is 0. The van der Waals surface area contributed by atoms with Gasteiger partial charge in [0.15, 0.2) is 6.10 Å². The number of phosphoric ester groups is 1. The molecule has 404 valence electrons. The molecule has 0 aromatic rings. The van der Waals surface area contributed by atoms with Crippen LogP contribution in [0.5, 0.6) is 0 Å². The zero-order valence-corrected chi connectivity index (χ0v) is 45.2. The summed E-state index contributed by atoms with van der Waals surface area (Å²) in [5.74, 6) is -1.65. The fourth-order valence-corrected chi connectivity index (χ4v) is 7.07. The van der Waals surface area contributed by atoms with Crippen molar-refractivity contribution >= 4 is 25.7 Å². The zero-order chi connectivity index (χ0) is 52.7. The van der Waals surface area contributed by atoms with Gasteiger partial charge in [-0.25, -0.2) is 4.57 Å². The van der Waals surface area contributed by atoms with Crippen LogP contribution in [-0.4, -0.2) is 66.5 Å². The van der Waals surface area contributed by atoms with Crippen LogP contribution < -0.4 is 0 Å². The second kappa shape index (κ2) is 52.7. The van der Waals surface area contributed by atoms with Crippen LogP contribution in [0.4, 0.5) is 0 Å². The standard InChI is InChI=1S/C60H93O11P/c1-4-7-10-13-16-19-22-25-27-28-30-33-36-39-42-45-48-51-60(64)71-57(53-67-58(62)49-46-43-40-37-34-32-29-26-23-20-17-14-11-8-5-2)55-69-72(65,66)68-54-56(52-61)70-59(63)50-47-44-41-38-35-31-24-21-18-15-12-9-6-3/h7-12,16-21,25-27,29-31,33-35,37,41,44,56-57,61H,4-6,13-15,22-24,28,32,36,38-40,42-43,45-55H2,1-3H3,(H,65,66)/b10-7-,11-8-,12-9-,19-16-,20-17-,21-18-,27-25-,29-26-,33-30-,35-31-,37-34-,44-41-. The minimum absolute atomic E-state index is 0.0428. The van der Waals surface area contributed by atoms with Gasteiger partial charge in [0.05, 0.1) is 19.8 Å². The molecule has 3 unspecified atom stereocenters. The van der Waals surface area contributed by atoms with Crippen molar-refractivity contribution in [2.45, 2.75) is 187 Å².